The number of hydrogen-bond acceptors (Lipinski definition) is 5. The molecule has 0 radical (unpaired) electrons. The summed E-state index contributed by atoms with van der Waals surface area (Å²) in [5.74, 6) is -0.816. The molecule has 6 nitrogen and oxygen atoms in total. The summed E-state index contributed by atoms with van der Waals surface area (Å²) >= 11 is 1.21. The predicted molar refractivity (Wildman–Crippen MR) is 68.6 cm³/mol. The van der Waals surface area contributed by atoms with E-state index in [1.54, 1.807) is 6.33 Å². The first-order valence-corrected chi connectivity index (χ1v) is 7.01. The summed E-state index contributed by atoms with van der Waals surface area (Å²) in [6.07, 6.45) is 4.23. The zero-order valence-electron chi connectivity index (χ0n) is 10.6. The number of carbonyl (C=O) groups is 1. The van der Waals surface area contributed by atoms with Crippen molar-refractivity contribution in [2.24, 2.45) is 0 Å². The average Bonchev–Trinajstić information content (AvgIpc) is 3.08. The lowest BCUT2D eigenvalue weighted by atomic mass is 10.3. The number of aliphatic carboxylic acids is 1. The van der Waals surface area contributed by atoms with Crippen LogP contribution in [0.2, 0.25) is 0 Å². The molecule has 1 aliphatic rings. The molecule has 1 saturated carbocycles. The molecule has 0 aromatic carbocycles. The third-order valence-electron chi connectivity index (χ3n) is 3.18. The van der Waals surface area contributed by atoms with E-state index in [1.165, 1.54) is 24.6 Å². The van der Waals surface area contributed by atoms with Crippen molar-refractivity contribution in [3.63, 3.8) is 0 Å². The normalized spacial score (nSPS) is 17.1. The zero-order valence-corrected chi connectivity index (χ0v) is 11.4. The van der Waals surface area contributed by atoms with Gasteiger partial charge in [-0.3, -0.25) is 9.69 Å². The minimum absolute atomic E-state index is 0.0194. The molecule has 0 aliphatic heterocycles. The van der Waals surface area contributed by atoms with Crippen LogP contribution in [-0.4, -0.2) is 55.6 Å². The molecule has 0 amide bonds. The standard InChI is InChI=1S/C11H18N4O2S/c1-8(14(2)9-3-4-9)5-15-7-12-13-11(15)18-6-10(16)17/h7-9H,3-6H2,1-2H3,(H,16,17). The summed E-state index contributed by atoms with van der Waals surface area (Å²) in [7, 11) is 2.14. The first kappa shape index (κ1) is 13.4. The fourth-order valence-corrected chi connectivity index (χ4v) is 2.51. The topological polar surface area (TPSA) is 71.2 Å². The lowest BCUT2D eigenvalue weighted by Gasteiger charge is -2.24. The van der Waals surface area contributed by atoms with Gasteiger partial charge in [-0.15, -0.1) is 10.2 Å². The van der Waals surface area contributed by atoms with E-state index in [9.17, 15) is 4.79 Å². The van der Waals surface area contributed by atoms with Crippen LogP contribution >= 0.6 is 11.8 Å². The molecule has 1 aromatic heterocycles. The van der Waals surface area contributed by atoms with E-state index in [4.69, 9.17) is 5.11 Å². The van der Waals surface area contributed by atoms with Gasteiger partial charge in [-0.2, -0.15) is 0 Å². The molecule has 1 fully saturated rings. The van der Waals surface area contributed by atoms with Gasteiger partial charge in [0, 0.05) is 18.6 Å². The van der Waals surface area contributed by atoms with Crippen LogP contribution in [0.15, 0.2) is 11.5 Å². The average molecular weight is 270 g/mol. The smallest absolute Gasteiger partial charge is 0.313 e. The van der Waals surface area contributed by atoms with E-state index in [2.05, 4.69) is 29.1 Å². The molecular formula is C11H18N4O2S. The number of likely N-dealkylation sites (N-methyl/N-ethyl adjacent to an activating group) is 1. The van der Waals surface area contributed by atoms with Gasteiger partial charge in [0.15, 0.2) is 5.16 Å². The van der Waals surface area contributed by atoms with Crippen molar-refractivity contribution in [3.8, 4) is 0 Å². The molecule has 1 atom stereocenters. The first-order valence-electron chi connectivity index (χ1n) is 6.02. The molecule has 1 heterocycles. The first-order chi connectivity index (χ1) is 8.58. The van der Waals surface area contributed by atoms with Crippen LogP contribution in [0.1, 0.15) is 19.8 Å². The Morgan fingerprint density at radius 2 is 2.44 bits per heavy atom. The van der Waals surface area contributed by atoms with E-state index < -0.39 is 5.97 Å². The van der Waals surface area contributed by atoms with Gasteiger partial charge in [-0.1, -0.05) is 11.8 Å². The number of rotatable bonds is 7. The third kappa shape index (κ3) is 3.46. The number of nitrogens with zero attached hydrogens (tertiary/aromatic N) is 4. The molecule has 1 aromatic rings. The van der Waals surface area contributed by atoms with E-state index >= 15 is 0 Å². The SMILES string of the molecule is CC(Cn1cnnc1SCC(=O)O)N(C)C1CC1. The van der Waals surface area contributed by atoms with Crippen LogP contribution in [0, 0.1) is 0 Å². The van der Waals surface area contributed by atoms with Crippen molar-refractivity contribution < 1.29 is 9.90 Å². The Balaban J connectivity index is 1.91. The molecule has 2 rings (SSSR count). The molecule has 1 aliphatic carbocycles. The summed E-state index contributed by atoms with van der Waals surface area (Å²) in [6.45, 7) is 2.96. The summed E-state index contributed by atoms with van der Waals surface area (Å²) in [6, 6.07) is 1.12. The largest absolute Gasteiger partial charge is 0.481 e. The summed E-state index contributed by atoms with van der Waals surface area (Å²) in [5.41, 5.74) is 0. The minimum Gasteiger partial charge on any atom is -0.481 e. The summed E-state index contributed by atoms with van der Waals surface area (Å²) in [4.78, 5) is 12.9. The number of carboxylic acid groups (broad SMARTS) is 1. The maximum absolute atomic E-state index is 10.5. The minimum atomic E-state index is -0.835. The molecule has 0 saturated heterocycles. The van der Waals surface area contributed by atoms with Crippen molar-refractivity contribution in [3.05, 3.63) is 6.33 Å². The van der Waals surface area contributed by atoms with Gasteiger partial charge in [0.1, 0.15) is 6.33 Å². The summed E-state index contributed by atoms with van der Waals surface area (Å²) < 4.78 is 1.93. The second kappa shape index (κ2) is 5.71. The maximum atomic E-state index is 10.5. The molecule has 7 heteroatoms. The Bertz CT molecular complexity index is 419. The highest BCUT2D eigenvalue weighted by Crippen LogP contribution is 2.27. The number of carboxylic acids is 1. The monoisotopic (exact) mass is 270 g/mol. The number of thioether (sulfide) groups is 1. The predicted octanol–water partition coefficient (Wildman–Crippen LogP) is 0.937. The van der Waals surface area contributed by atoms with Gasteiger partial charge in [0.25, 0.3) is 0 Å². The second-order valence-electron chi connectivity index (χ2n) is 4.69. The lowest BCUT2D eigenvalue weighted by Crippen LogP contribution is -2.34. The van der Waals surface area contributed by atoms with E-state index in [-0.39, 0.29) is 5.75 Å². The van der Waals surface area contributed by atoms with Gasteiger partial charge in [-0.05, 0) is 26.8 Å². The Hall–Kier alpha value is -1.08. The van der Waals surface area contributed by atoms with Gasteiger partial charge in [0.2, 0.25) is 0 Å². The number of hydrogen-bond donors (Lipinski definition) is 1. The lowest BCUT2D eigenvalue weighted by molar-refractivity contribution is -0.133. The van der Waals surface area contributed by atoms with E-state index in [1.807, 2.05) is 4.57 Å². The van der Waals surface area contributed by atoms with E-state index in [0.717, 1.165) is 6.54 Å². The highest BCUT2D eigenvalue weighted by atomic mass is 32.2. The zero-order chi connectivity index (χ0) is 13.1. The van der Waals surface area contributed by atoms with Crippen molar-refractivity contribution >= 4 is 17.7 Å². The van der Waals surface area contributed by atoms with Gasteiger partial charge in [0.05, 0.1) is 5.75 Å². The quantitative estimate of drug-likeness (QED) is 0.743. The van der Waals surface area contributed by atoms with E-state index in [0.29, 0.717) is 17.2 Å². The van der Waals surface area contributed by atoms with Crippen LogP contribution in [0.4, 0.5) is 0 Å². The molecular weight excluding hydrogens is 252 g/mol. The van der Waals surface area contributed by atoms with Crippen molar-refractivity contribution in [2.45, 2.75) is 43.6 Å². The van der Waals surface area contributed by atoms with Crippen LogP contribution in [0.5, 0.6) is 0 Å². The molecule has 1 N–H and O–H groups in total. The van der Waals surface area contributed by atoms with Gasteiger partial charge in [-0.25, -0.2) is 0 Å². The Kier molecular flexibility index (Phi) is 4.23. The molecule has 100 valence electrons. The molecule has 1 unspecified atom stereocenters. The fraction of sp³-hybridized carbons (Fsp3) is 0.727. The highest BCUT2D eigenvalue weighted by molar-refractivity contribution is 7.99. The molecule has 0 bridgehead atoms. The van der Waals surface area contributed by atoms with Gasteiger partial charge < -0.3 is 9.67 Å². The fourth-order valence-electron chi connectivity index (χ4n) is 1.86. The highest BCUT2D eigenvalue weighted by Gasteiger charge is 2.29. The van der Waals surface area contributed by atoms with Crippen molar-refractivity contribution in [2.75, 3.05) is 12.8 Å². The van der Waals surface area contributed by atoms with Gasteiger partial charge >= 0.3 is 5.97 Å². The van der Waals surface area contributed by atoms with Crippen LogP contribution < -0.4 is 0 Å². The van der Waals surface area contributed by atoms with Crippen LogP contribution in [0.3, 0.4) is 0 Å². The maximum Gasteiger partial charge on any atom is 0.313 e. The molecule has 18 heavy (non-hydrogen) atoms. The molecule has 0 spiro atoms. The van der Waals surface area contributed by atoms with Crippen LogP contribution in [0.25, 0.3) is 0 Å². The Labute approximate surface area is 110 Å². The van der Waals surface area contributed by atoms with Crippen molar-refractivity contribution in [1.82, 2.24) is 19.7 Å². The third-order valence-corrected chi connectivity index (χ3v) is 4.15. The van der Waals surface area contributed by atoms with Crippen LogP contribution in [-0.2, 0) is 11.3 Å². The number of aromatic nitrogens is 3. The Morgan fingerprint density at radius 1 is 1.72 bits per heavy atom. The van der Waals surface area contributed by atoms with Crippen molar-refractivity contribution in [1.29, 1.82) is 0 Å². The Morgan fingerprint density at radius 3 is 3.06 bits per heavy atom. The summed E-state index contributed by atoms with van der Waals surface area (Å²) in [5, 5.41) is 17.2. The second-order valence-corrected chi connectivity index (χ2v) is 5.64.